The zero-order valence-corrected chi connectivity index (χ0v) is 15.4. The standard InChI is InChI=1S/C20H17N3O3S/c1-13-17(19(25)26)27-20(23(13)12-15-5-3-2-4-6-15)22-18(24)16-9-7-14(11-21)8-10-16/h2-10,13,17H,12H2,1H3,(H,25,26). The molecule has 1 heterocycles. The van der Waals surface area contributed by atoms with Gasteiger partial charge in [0.25, 0.3) is 5.91 Å². The van der Waals surface area contributed by atoms with E-state index in [4.69, 9.17) is 5.26 Å². The van der Waals surface area contributed by atoms with E-state index < -0.39 is 17.1 Å². The molecule has 1 N–H and O–H groups in total. The summed E-state index contributed by atoms with van der Waals surface area (Å²) in [6, 6.07) is 17.5. The summed E-state index contributed by atoms with van der Waals surface area (Å²) in [5, 5.41) is 18.0. The topological polar surface area (TPSA) is 93.8 Å². The SMILES string of the molecule is CC1C(C(=O)O)SC(=NC(=O)c2ccc(C#N)cc2)N1Cc1ccccc1. The highest BCUT2D eigenvalue weighted by molar-refractivity contribution is 8.15. The second-order valence-corrected chi connectivity index (χ2v) is 7.23. The highest BCUT2D eigenvalue weighted by Gasteiger charge is 2.41. The van der Waals surface area contributed by atoms with Crippen molar-refractivity contribution in [2.24, 2.45) is 4.99 Å². The molecule has 0 radical (unpaired) electrons. The van der Waals surface area contributed by atoms with Crippen molar-refractivity contribution >= 4 is 28.8 Å². The number of carbonyl (C=O) groups is 2. The molecule has 2 aromatic rings. The Morgan fingerprint density at radius 3 is 2.44 bits per heavy atom. The van der Waals surface area contributed by atoms with Gasteiger partial charge in [0.05, 0.1) is 17.7 Å². The third-order valence-electron chi connectivity index (χ3n) is 4.31. The van der Waals surface area contributed by atoms with Crippen LogP contribution in [-0.2, 0) is 11.3 Å². The summed E-state index contributed by atoms with van der Waals surface area (Å²) in [4.78, 5) is 30.1. The number of hydrogen-bond donors (Lipinski definition) is 1. The number of nitrogens with zero attached hydrogens (tertiary/aromatic N) is 3. The zero-order chi connectivity index (χ0) is 19.4. The van der Waals surface area contributed by atoms with Crippen LogP contribution < -0.4 is 0 Å². The molecule has 0 spiro atoms. The van der Waals surface area contributed by atoms with Gasteiger partial charge < -0.3 is 10.0 Å². The number of aliphatic carboxylic acids is 1. The zero-order valence-electron chi connectivity index (χ0n) is 14.6. The minimum absolute atomic E-state index is 0.305. The number of carboxylic acids is 1. The number of amides is 1. The molecule has 1 saturated heterocycles. The largest absolute Gasteiger partial charge is 0.480 e. The second kappa shape index (κ2) is 8.06. The monoisotopic (exact) mass is 379 g/mol. The van der Waals surface area contributed by atoms with E-state index in [0.29, 0.717) is 22.8 Å². The summed E-state index contributed by atoms with van der Waals surface area (Å²) >= 11 is 1.09. The fourth-order valence-electron chi connectivity index (χ4n) is 2.80. The molecule has 27 heavy (non-hydrogen) atoms. The molecule has 1 aliphatic heterocycles. The average molecular weight is 379 g/mol. The van der Waals surface area contributed by atoms with Crippen molar-refractivity contribution in [3.8, 4) is 6.07 Å². The number of nitriles is 1. The summed E-state index contributed by atoms with van der Waals surface area (Å²) < 4.78 is 0. The van der Waals surface area contributed by atoms with Crippen LogP contribution in [0.4, 0.5) is 0 Å². The predicted molar refractivity (Wildman–Crippen MR) is 103 cm³/mol. The first-order valence-electron chi connectivity index (χ1n) is 8.33. The van der Waals surface area contributed by atoms with Crippen LogP contribution in [0, 0.1) is 11.3 Å². The summed E-state index contributed by atoms with van der Waals surface area (Å²) in [7, 11) is 0. The van der Waals surface area contributed by atoms with Crippen LogP contribution >= 0.6 is 11.8 Å². The normalized spacial score (nSPS) is 20.4. The number of benzene rings is 2. The third kappa shape index (κ3) is 4.18. The molecule has 1 aliphatic rings. The van der Waals surface area contributed by atoms with E-state index in [1.165, 1.54) is 0 Å². The van der Waals surface area contributed by atoms with Gasteiger partial charge in [-0.2, -0.15) is 10.3 Å². The lowest BCUT2D eigenvalue weighted by atomic mass is 10.1. The number of rotatable bonds is 4. The van der Waals surface area contributed by atoms with Crippen LogP contribution in [-0.4, -0.2) is 38.3 Å². The van der Waals surface area contributed by atoms with E-state index in [1.807, 2.05) is 48.2 Å². The molecule has 0 saturated carbocycles. The van der Waals surface area contributed by atoms with Crippen LogP contribution in [0.1, 0.15) is 28.4 Å². The first-order valence-corrected chi connectivity index (χ1v) is 9.21. The minimum atomic E-state index is -0.929. The molecule has 2 atom stereocenters. The molecular formula is C20H17N3O3S. The molecule has 2 aromatic carbocycles. The minimum Gasteiger partial charge on any atom is -0.480 e. The number of aliphatic imine (C=N–C) groups is 1. The Labute approximate surface area is 161 Å². The van der Waals surface area contributed by atoms with Gasteiger partial charge in [0.2, 0.25) is 0 Å². The smallest absolute Gasteiger partial charge is 0.319 e. The van der Waals surface area contributed by atoms with E-state index in [1.54, 1.807) is 24.3 Å². The third-order valence-corrected chi connectivity index (χ3v) is 5.69. The lowest BCUT2D eigenvalue weighted by Crippen LogP contribution is -2.37. The maximum Gasteiger partial charge on any atom is 0.319 e. The summed E-state index contributed by atoms with van der Waals surface area (Å²) in [5.74, 6) is -1.39. The fraction of sp³-hybridized carbons (Fsp3) is 0.200. The Morgan fingerprint density at radius 2 is 1.85 bits per heavy atom. The van der Waals surface area contributed by atoms with E-state index in [-0.39, 0.29) is 6.04 Å². The van der Waals surface area contributed by atoms with Crippen molar-refractivity contribution in [2.75, 3.05) is 0 Å². The number of hydrogen-bond acceptors (Lipinski definition) is 4. The van der Waals surface area contributed by atoms with Crippen molar-refractivity contribution in [1.29, 1.82) is 5.26 Å². The van der Waals surface area contributed by atoms with Gasteiger partial charge in [0.15, 0.2) is 5.17 Å². The second-order valence-electron chi connectivity index (χ2n) is 6.12. The number of carbonyl (C=O) groups excluding carboxylic acids is 1. The number of amidine groups is 1. The quantitative estimate of drug-likeness (QED) is 0.877. The molecule has 0 bridgehead atoms. The molecule has 136 valence electrons. The van der Waals surface area contributed by atoms with Gasteiger partial charge in [0.1, 0.15) is 5.25 Å². The first kappa shape index (κ1) is 18.7. The van der Waals surface area contributed by atoms with Crippen LogP contribution in [0.3, 0.4) is 0 Å². The molecule has 7 heteroatoms. The van der Waals surface area contributed by atoms with Gasteiger partial charge in [0, 0.05) is 12.1 Å². The van der Waals surface area contributed by atoms with Gasteiger partial charge in [-0.3, -0.25) is 9.59 Å². The van der Waals surface area contributed by atoms with Crippen LogP contribution in [0.2, 0.25) is 0 Å². The number of carboxylic acid groups (broad SMARTS) is 1. The Bertz CT molecular complexity index is 920. The molecule has 0 aromatic heterocycles. The summed E-state index contributed by atoms with van der Waals surface area (Å²) in [6.45, 7) is 2.29. The van der Waals surface area contributed by atoms with E-state index in [9.17, 15) is 14.7 Å². The molecule has 1 fully saturated rings. The molecule has 2 unspecified atom stereocenters. The Balaban J connectivity index is 1.89. The van der Waals surface area contributed by atoms with Crippen molar-refractivity contribution in [3.63, 3.8) is 0 Å². The molecule has 0 aliphatic carbocycles. The predicted octanol–water partition coefficient (Wildman–Crippen LogP) is 3.15. The maximum atomic E-state index is 12.5. The Hall–Kier alpha value is -3.11. The van der Waals surface area contributed by atoms with E-state index >= 15 is 0 Å². The summed E-state index contributed by atoms with van der Waals surface area (Å²) in [5.41, 5.74) is 1.82. The average Bonchev–Trinajstić information content (AvgIpc) is 2.98. The lowest BCUT2D eigenvalue weighted by Gasteiger charge is -2.24. The maximum absolute atomic E-state index is 12.5. The fourth-order valence-corrected chi connectivity index (χ4v) is 3.97. The molecule has 6 nitrogen and oxygen atoms in total. The Kier molecular flexibility index (Phi) is 5.57. The van der Waals surface area contributed by atoms with Gasteiger partial charge >= 0.3 is 5.97 Å². The summed E-state index contributed by atoms with van der Waals surface area (Å²) in [6.07, 6.45) is 0. The highest BCUT2D eigenvalue weighted by Crippen LogP contribution is 2.33. The Morgan fingerprint density at radius 1 is 1.19 bits per heavy atom. The van der Waals surface area contributed by atoms with Crippen molar-refractivity contribution in [2.45, 2.75) is 24.8 Å². The molecule has 3 rings (SSSR count). The van der Waals surface area contributed by atoms with Crippen molar-refractivity contribution in [1.82, 2.24) is 4.90 Å². The van der Waals surface area contributed by atoms with E-state index in [2.05, 4.69) is 4.99 Å². The van der Waals surface area contributed by atoms with E-state index in [0.717, 1.165) is 17.3 Å². The number of thioether (sulfide) groups is 1. The lowest BCUT2D eigenvalue weighted by molar-refractivity contribution is -0.137. The van der Waals surface area contributed by atoms with Crippen molar-refractivity contribution in [3.05, 3.63) is 71.3 Å². The highest BCUT2D eigenvalue weighted by atomic mass is 32.2. The van der Waals surface area contributed by atoms with Crippen LogP contribution in [0.15, 0.2) is 59.6 Å². The van der Waals surface area contributed by atoms with Crippen LogP contribution in [0.25, 0.3) is 0 Å². The molecular weight excluding hydrogens is 362 g/mol. The van der Waals surface area contributed by atoms with Gasteiger partial charge in [-0.15, -0.1) is 0 Å². The van der Waals surface area contributed by atoms with Crippen LogP contribution in [0.5, 0.6) is 0 Å². The van der Waals surface area contributed by atoms with Crippen molar-refractivity contribution < 1.29 is 14.7 Å². The van der Waals surface area contributed by atoms with Gasteiger partial charge in [-0.25, -0.2) is 0 Å². The van der Waals surface area contributed by atoms with Gasteiger partial charge in [-0.05, 0) is 36.8 Å². The molecule has 1 amide bonds. The van der Waals surface area contributed by atoms with Gasteiger partial charge in [-0.1, -0.05) is 42.1 Å². The first-order chi connectivity index (χ1) is 13.0.